The molecule has 5 atom stereocenters. The van der Waals surface area contributed by atoms with Crippen molar-refractivity contribution < 1.29 is 68.1 Å². The maximum atomic E-state index is 13.6. The zero-order chi connectivity index (χ0) is 30.5. The molecule has 0 amide bonds. The summed E-state index contributed by atoms with van der Waals surface area (Å²) in [5, 5.41) is 79.7. The number of allylic oxidation sites excluding steroid dienone is 1. The predicted molar refractivity (Wildman–Crippen MR) is 138 cm³/mol. The van der Waals surface area contributed by atoms with Crippen LogP contribution in [0.15, 0.2) is 62.9 Å². The van der Waals surface area contributed by atoms with Crippen LogP contribution in [0.5, 0.6) is 28.7 Å². The Morgan fingerprint density at radius 2 is 1.74 bits per heavy atom. The minimum absolute atomic E-state index is 0.0631. The molecule has 16 heteroatoms. The Balaban J connectivity index is 1.56. The predicted octanol–water partition coefficient (Wildman–Crippen LogP) is 1.15. The molecule has 218 valence electrons. The van der Waals surface area contributed by atoms with Crippen LogP contribution in [0.25, 0.3) is 22.3 Å². The normalized spacial score (nSPS) is 24.0. The first kappa shape index (κ1) is 28.9. The highest BCUT2D eigenvalue weighted by atomic mass is 27.1. The third kappa shape index (κ3) is 5.13. The van der Waals surface area contributed by atoms with Crippen molar-refractivity contribution in [2.24, 2.45) is 5.92 Å². The molecule has 0 spiro atoms. The number of esters is 1. The molecular formula is C26H21AlO15. The summed E-state index contributed by atoms with van der Waals surface area (Å²) < 4.78 is 27.0. The minimum Gasteiger partial charge on any atom is -0.651 e. The first-order valence-electron chi connectivity index (χ1n) is 12.0. The Hall–Kier alpha value is -4.59. The molecule has 3 aromatic rings. The Labute approximate surface area is 242 Å². The number of hydrogen-bond acceptors (Lipinski definition) is 15. The molecular weight excluding hydrogens is 579 g/mol. The highest BCUT2D eigenvalue weighted by Gasteiger charge is 2.49. The van der Waals surface area contributed by atoms with E-state index in [1.54, 1.807) is 0 Å². The lowest BCUT2D eigenvalue weighted by molar-refractivity contribution is -0.181. The number of phenols is 3. The fraction of sp³-hybridized carbons (Fsp3) is 0.231. The average molecular weight is 600 g/mol. The van der Waals surface area contributed by atoms with Gasteiger partial charge in [-0.15, -0.1) is 0 Å². The summed E-state index contributed by atoms with van der Waals surface area (Å²) in [7, 11) is 0. The maximum absolute atomic E-state index is 13.6. The molecule has 5 unspecified atom stereocenters. The monoisotopic (exact) mass is 600 g/mol. The minimum atomic E-state index is -1.97. The lowest BCUT2D eigenvalue weighted by Crippen LogP contribution is -2.41. The Morgan fingerprint density at radius 3 is 2.43 bits per heavy atom. The van der Waals surface area contributed by atoms with Gasteiger partial charge in [-0.3, -0.25) is 9.59 Å². The topological polar surface area (TPSA) is 246 Å². The Bertz CT molecular complexity index is 1690. The molecule has 1 saturated heterocycles. The zero-order valence-corrected chi connectivity index (χ0v) is 22.2. The van der Waals surface area contributed by atoms with Crippen LogP contribution in [0.3, 0.4) is 0 Å². The van der Waals surface area contributed by atoms with Gasteiger partial charge in [0.25, 0.3) is 0 Å². The number of rotatable bonds is 6. The second kappa shape index (κ2) is 11.0. The van der Waals surface area contributed by atoms with Gasteiger partial charge >= 0.3 is 22.6 Å². The molecule has 2 radical (unpaired) electrons. The van der Waals surface area contributed by atoms with Gasteiger partial charge in [0.15, 0.2) is 35.4 Å². The fourth-order valence-corrected chi connectivity index (χ4v) is 4.61. The number of ether oxygens (including phenoxy) is 3. The van der Waals surface area contributed by atoms with Gasteiger partial charge in [-0.2, -0.15) is 0 Å². The zero-order valence-electron chi connectivity index (χ0n) is 21.1. The second-order valence-corrected chi connectivity index (χ2v) is 9.53. The third-order valence-corrected chi connectivity index (χ3v) is 6.77. The van der Waals surface area contributed by atoms with Gasteiger partial charge < -0.3 is 63.3 Å². The van der Waals surface area contributed by atoms with E-state index in [2.05, 4.69) is 0 Å². The number of benzene rings is 2. The van der Waals surface area contributed by atoms with E-state index >= 15 is 0 Å². The summed E-state index contributed by atoms with van der Waals surface area (Å²) >= 11 is 1.92. The average Bonchev–Trinajstić information content (AvgIpc) is 3.19. The molecule has 0 bridgehead atoms. The van der Waals surface area contributed by atoms with Gasteiger partial charge in [-0.25, -0.2) is 0 Å². The SMILES string of the molecule is O=C(OC1C(Oc2c(-c3ccc(O)c([O][Al])c3)oc3cc(O)cc(O)c3c2=O)OC(O)C1O)C1C=C(O)C(O)=C(O)C1. The van der Waals surface area contributed by atoms with E-state index < -0.39 is 88.4 Å². The summed E-state index contributed by atoms with van der Waals surface area (Å²) in [5.41, 5.74) is -1.18. The van der Waals surface area contributed by atoms with Crippen LogP contribution in [-0.2, 0) is 14.3 Å². The van der Waals surface area contributed by atoms with Crippen LogP contribution < -0.4 is 14.0 Å². The second-order valence-electron chi connectivity index (χ2n) is 9.29. The molecule has 2 aliphatic rings. The van der Waals surface area contributed by atoms with Crippen molar-refractivity contribution in [2.75, 3.05) is 0 Å². The summed E-state index contributed by atoms with van der Waals surface area (Å²) in [6, 6.07) is 5.71. The van der Waals surface area contributed by atoms with Crippen molar-refractivity contribution >= 4 is 33.6 Å². The molecule has 1 aliphatic heterocycles. The van der Waals surface area contributed by atoms with Gasteiger partial charge in [-0.1, -0.05) is 0 Å². The summed E-state index contributed by atoms with van der Waals surface area (Å²) in [5.74, 6) is -7.19. The van der Waals surface area contributed by atoms with Crippen LogP contribution in [0.4, 0.5) is 0 Å². The summed E-state index contributed by atoms with van der Waals surface area (Å²) in [6.07, 6.45) is -7.07. The molecule has 42 heavy (non-hydrogen) atoms. The number of aliphatic hydroxyl groups is 5. The lowest BCUT2D eigenvalue weighted by Gasteiger charge is -2.24. The number of aromatic hydroxyl groups is 3. The molecule has 1 aromatic heterocycles. The molecule has 1 fully saturated rings. The number of carbonyl (C=O) groups is 1. The number of hydrogen-bond donors (Lipinski definition) is 8. The van der Waals surface area contributed by atoms with E-state index in [1.165, 1.54) is 18.2 Å². The first-order valence-corrected chi connectivity index (χ1v) is 12.5. The summed E-state index contributed by atoms with van der Waals surface area (Å²) in [6.45, 7) is 0. The largest absolute Gasteiger partial charge is 0.651 e. The fourth-order valence-electron chi connectivity index (χ4n) is 4.42. The van der Waals surface area contributed by atoms with Gasteiger partial charge in [-0.05, 0) is 24.3 Å². The van der Waals surface area contributed by atoms with Gasteiger partial charge in [0.2, 0.25) is 17.5 Å². The van der Waals surface area contributed by atoms with Crippen molar-refractivity contribution in [3.05, 3.63) is 63.9 Å². The van der Waals surface area contributed by atoms with E-state index in [-0.39, 0.29) is 28.4 Å². The van der Waals surface area contributed by atoms with E-state index in [4.69, 9.17) is 22.4 Å². The van der Waals surface area contributed by atoms with Crippen LogP contribution in [0.2, 0.25) is 0 Å². The van der Waals surface area contributed by atoms with Crippen LogP contribution in [0.1, 0.15) is 6.42 Å². The number of phenolic OH excluding ortho intramolecular Hbond substituents is 3. The van der Waals surface area contributed by atoms with Gasteiger partial charge in [0, 0.05) is 24.1 Å². The van der Waals surface area contributed by atoms with Crippen LogP contribution >= 0.6 is 0 Å². The maximum Gasteiger partial charge on any atom is 0.482 e. The quantitative estimate of drug-likeness (QED) is 0.146. The molecule has 15 nitrogen and oxygen atoms in total. The van der Waals surface area contributed by atoms with Crippen molar-refractivity contribution in [1.29, 1.82) is 0 Å². The molecule has 1 aliphatic carbocycles. The Morgan fingerprint density at radius 1 is 1.00 bits per heavy atom. The van der Waals surface area contributed by atoms with Crippen LogP contribution in [-0.4, -0.2) is 88.2 Å². The van der Waals surface area contributed by atoms with Gasteiger partial charge in [0.1, 0.15) is 40.1 Å². The summed E-state index contributed by atoms with van der Waals surface area (Å²) in [4.78, 5) is 26.5. The van der Waals surface area contributed by atoms with Crippen LogP contribution in [0, 0.1) is 5.92 Å². The highest BCUT2D eigenvalue weighted by Crippen LogP contribution is 2.40. The number of carbonyl (C=O) groups excluding carboxylic acids is 1. The van der Waals surface area contributed by atoms with Crippen molar-refractivity contribution in [3.8, 4) is 40.1 Å². The van der Waals surface area contributed by atoms with Crippen molar-refractivity contribution in [1.82, 2.24) is 0 Å². The standard InChI is InChI=1S/C26H22O15.Al/c27-10-6-13(30)17-16(7-10)38-21(8-1-2-11(28)12(29)3-8)22(19(17)34)40-26-23(20(35)25(37)41-26)39-24(36)9-4-14(31)18(33)15(32)5-9;/h1-4,6-7,9,20,23,25-33,35,37H,5H2;/q;+1/p-1. The molecule has 8 N–H and O–H groups in total. The molecule has 2 heterocycles. The van der Waals surface area contributed by atoms with Crippen molar-refractivity contribution in [2.45, 2.75) is 31.2 Å². The van der Waals surface area contributed by atoms with E-state index in [9.17, 15) is 50.4 Å². The first-order chi connectivity index (χ1) is 19.9. The highest BCUT2D eigenvalue weighted by molar-refractivity contribution is 6.00. The lowest BCUT2D eigenvalue weighted by atomic mass is 9.97. The van der Waals surface area contributed by atoms with E-state index in [0.29, 0.717) is 0 Å². The van der Waals surface area contributed by atoms with Gasteiger partial charge in [0.05, 0.1) is 5.92 Å². The molecule has 0 saturated carbocycles. The number of fused-ring (bicyclic) bond motifs is 1. The molecule has 2 aromatic carbocycles. The Kier molecular flexibility index (Phi) is 7.58. The number of aliphatic hydroxyl groups excluding tert-OH is 5. The third-order valence-electron chi connectivity index (χ3n) is 6.51. The van der Waals surface area contributed by atoms with E-state index in [0.717, 1.165) is 18.2 Å². The van der Waals surface area contributed by atoms with E-state index in [1.807, 2.05) is 16.6 Å². The smallest absolute Gasteiger partial charge is 0.482 e. The molecule has 5 rings (SSSR count). The van der Waals surface area contributed by atoms with Crippen molar-refractivity contribution in [3.63, 3.8) is 0 Å².